The van der Waals surface area contributed by atoms with Crippen LogP contribution in [0.4, 0.5) is 9.18 Å². The molecule has 0 radical (unpaired) electrons. The van der Waals surface area contributed by atoms with Crippen molar-refractivity contribution in [2.45, 2.75) is 52.2 Å². The highest BCUT2D eigenvalue weighted by atomic mass is 79.9. The topological polar surface area (TPSA) is 64.6 Å². The van der Waals surface area contributed by atoms with Gasteiger partial charge in [0.15, 0.2) is 11.6 Å². The molecule has 0 saturated heterocycles. The molecule has 1 aromatic carbocycles. The Hall–Kier alpha value is -1.63. The number of hydrogen-bond acceptors (Lipinski definition) is 4. The van der Waals surface area contributed by atoms with E-state index in [1.807, 2.05) is 0 Å². The molecule has 0 saturated carbocycles. The van der Waals surface area contributed by atoms with Crippen molar-refractivity contribution in [3.05, 3.63) is 28.5 Å². The van der Waals surface area contributed by atoms with Crippen LogP contribution in [0.15, 0.2) is 22.7 Å². The Morgan fingerprint density at radius 1 is 1.33 bits per heavy atom. The highest BCUT2D eigenvalue weighted by molar-refractivity contribution is 9.10. The van der Waals surface area contributed by atoms with Gasteiger partial charge in [0.2, 0.25) is 0 Å². The van der Waals surface area contributed by atoms with Crippen LogP contribution in [0.1, 0.15) is 40.5 Å². The lowest BCUT2D eigenvalue weighted by Gasteiger charge is -2.23. The van der Waals surface area contributed by atoms with Crippen LogP contribution in [0.5, 0.6) is 5.75 Å². The minimum atomic E-state index is -0.632. The summed E-state index contributed by atoms with van der Waals surface area (Å²) in [7, 11) is 0. The first-order chi connectivity index (χ1) is 11.1. The lowest BCUT2D eigenvalue weighted by atomic mass is 10.1. The predicted molar refractivity (Wildman–Crippen MR) is 92.7 cm³/mol. The number of rotatable bonds is 7. The quantitative estimate of drug-likeness (QED) is 0.739. The van der Waals surface area contributed by atoms with Crippen molar-refractivity contribution in [2.24, 2.45) is 0 Å². The van der Waals surface area contributed by atoms with Crippen molar-refractivity contribution < 1.29 is 23.5 Å². The number of carbonyl (C=O) groups excluding carboxylic acids is 2. The standard InChI is InChI=1S/C17H23BrFNO4/c1-11(21)8-9-12(20-16(22)24-17(2,3)4)10-23-14-7-5-6-13(18)15(14)19/h5-7,12H,8-10H2,1-4H3,(H,20,22)/t12-/m0/s1. The van der Waals surface area contributed by atoms with Gasteiger partial charge in [-0.25, -0.2) is 9.18 Å². The summed E-state index contributed by atoms with van der Waals surface area (Å²) in [5.74, 6) is -0.442. The zero-order valence-corrected chi connectivity index (χ0v) is 15.9. The highest BCUT2D eigenvalue weighted by Crippen LogP contribution is 2.24. The second-order valence-electron chi connectivity index (χ2n) is 6.45. The van der Waals surface area contributed by atoms with E-state index in [9.17, 15) is 14.0 Å². The Morgan fingerprint density at radius 3 is 2.58 bits per heavy atom. The Morgan fingerprint density at radius 2 is 2.00 bits per heavy atom. The molecule has 0 unspecified atom stereocenters. The number of carbonyl (C=O) groups is 2. The van der Waals surface area contributed by atoms with E-state index in [0.717, 1.165) is 0 Å². The fraction of sp³-hybridized carbons (Fsp3) is 0.529. The van der Waals surface area contributed by atoms with Crippen LogP contribution >= 0.6 is 15.9 Å². The maximum atomic E-state index is 13.9. The third kappa shape index (κ3) is 7.77. The van der Waals surface area contributed by atoms with Gasteiger partial charge >= 0.3 is 6.09 Å². The Kier molecular flexibility index (Phi) is 7.66. The molecular weight excluding hydrogens is 381 g/mol. The number of alkyl carbamates (subject to hydrolysis) is 1. The number of ketones is 1. The van der Waals surface area contributed by atoms with Crippen molar-refractivity contribution >= 4 is 27.8 Å². The molecular formula is C17H23BrFNO4. The van der Waals surface area contributed by atoms with Gasteiger partial charge in [-0.1, -0.05) is 6.07 Å². The fourth-order valence-electron chi connectivity index (χ4n) is 1.83. The first-order valence-corrected chi connectivity index (χ1v) is 8.43. The SMILES string of the molecule is CC(=O)CC[C@@H](COc1cccc(Br)c1F)NC(=O)OC(C)(C)C. The average molecular weight is 404 g/mol. The Balaban J connectivity index is 2.69. The van der Waals surface area contributed by atoms with E-state index in [1.54, 1.807) is 32.9 Å². The summed E-state index contributed by atoms with van der Waals surface area (Å²) in [6.45, 7) is 6.76. The van der Waals surface area contributed by atoms with Gasteiger partial charge in [-0.05, 0) is 62.2 Å². The summed E-state index contributed by atoms with van der Waals surface area (Å²) in [4.78, 5) is 23.1. The van der Waals surface area contributed by atoms with E-state index >= 15 is 0 Å². The summed E-state index contributed by atoms with van der Waals surface area (Å²) >= 11 is 3.09. The van der Waals surface area contributed by atoms with Gasteiger partial charge in [0.1, 0.15) is 18.0 Å². The van der Waals surface area contributed by atoms with Crippen LogP contribution in [-0.4, -0.2) is 30.1 Å². The van der Waals surface area contributed by atoms with E-state index in [0.29, 0.717) is 10.9 Å². The maximum Gasteiger partial charge on any atom is 0.407 e. The van der Waals surface area contributed by atoms with Gasteiger partial charge in [0.25, 0.3) is 0 Å². The van der Waals surface area contributed by atoms with Crippen LogP contribution in [0.2, 0.25) is 0 Å². The largest absolute Gasteiger partial charge is 0.488 e. The molecule has 1 N–H and O–H groups in total. The number of hydrogen-bond donors (Lipinski definition) is 1. The number of halogens is 2. The van der Waals surface area contributed by atoms with Gasteiger partial charge in [-0.2, -0.15) is 0 Å². The Bertz CT molecular complexity index is 586. The smallest absolute Gasteiger partial charge is 0.407 e. The zero-order chi connectivity index (χ0) is 18.3. The molecule has 1 aromatic rings. The van der Waals surface area contributed by atoms with E-state index in [4.69, 9.17) is 9.47 Å². The molecule has 0 aliphatic carbocycles. The van der Waals surface area contributed by atoms with Crippen molar-refractivity contribution in [1.82, 2.24) is 5.32 Å². The first-order valence-electron chi connectivity index (χ1n) is 7.64. The minimum absolute atomic E-state index is 0.000347. The van der Waals surface area contributed by atoms with Gasteiger partial charge < -0.3 is 19.6 Å². The molecule has 1 rings (SSSR count). The van der Waals surface area contributed by atoms with Gasteiger partial charge in [-0.15, -0.1) is 0 Å². The van der Waals surface area contributed by atoms with E-state index in [-0.39, 0.29) is 24.6 Å². The van der Waals surface area contributed by atoms with E-state index in [1.165, 1.54) is 13.0 Å². The molecule has 0 bridgehead atoms. The van der Waals surface area contributed by atoms with Crippen LogP contribution < -0.4 is 10.1 Å². The van der Waals surface area contributed by atoms with Crippen molar-refractivity contribution in [1.29, 1.82) is 0 Å². The Labute approximate surface area is 150 Å². The monoisotopic (exact) mass is 403 g/mol. The molecule has 1 amide bonds. The molecule has 0 aliphatic heterocycles. The third-order valence-electron chi connectivity index (χ3n) is 2.92. The zero-order valence-electron chi connectivity index (χ0n) is 14.3. The third-order valence-corrected chi connectivity index (χ3v) is 3.53. The van der Waals surface area contributed by atoms with Crippen molar-refractivity contribution in [3.63, 3.8) is 0 Å². The van der Waals surface area contributed by atoms with Crippen LogP contribution in [-0.2, 0) is 9.53 Å². The first kappa shape index (κ1) is 20.4. The lowest BCUT2D eigenvalue weighted by Crippen LogP contribution is -2.42. The summed E-state index contributed by atoms with van der Waals surface area (Å²) in [6, 6.07) is 4.24. The van der Waals surface area contributed by atoms with Gasteiger partial charge in [0.05, 0.1) is 10.5 Å². The molecule has 134 valence electrons. The van der Waals surface area contributed by atoms with Crippen molar-refractivity contribution in [3.8, 4) is 5.75 Å². The maximum absolute atomic E-state index is 13.9. The number of ether oxygens (including phenoxy) is 2. The lowest BCUT2D eigenvalue weighted by molar-refractivity contribution is -0.117. The van der Waals surface area contributed by atoms with Gasteiger partial charge in [-0.3, -0.25) is 0 Å². The van der Waals surface area contributed by atoms with Crippen LogP contribution in [0.25, 0.3) is 0 Å². The molecule has 7 heteroatoms. The predicted octanol–water partition coefficient (Wildman–Crippen LogP) is 4.23. The van der Waals surface area contributed by atoms with E-state index < -0.39 is 23.6 Å². The number of nitrogens with one attached hydrogen (secondary N) is 1. The molecule has 1 atom stereocenters. The molecule has 0 fully saturated rings. The average Bonchev–Trinajstić information content (AvgIpc) is 2.43. The van der Waals surface area contributed by atoms with E-state index in [2.05, 4.69) is 21.2 Å². The summed E-state index contributed by atoms with van der Waals surface area (Å²) < 4.78 is 24.9. The number of amides is 1. The fourth-order valence-corrected chi connectivity index (χ4v) is 2.18. The molecule has 5 nitrogen and oxygen atoms in total. The minimum Gasteiger partial charge on any atom is -0.488 e. The summed E-state index contributed by atoms with van der Waals surface area (Å²) in [6.07, 6.45) is 0.0593. The molecule has 0 aromatic heterocycles. The summed E-state index contributed by atoms with van der Waals surface area (Å²) in [5.41, 5.74) is -0.632. The second-order valence-corrected chi connectivity index (χ2v) is 7.30. The highest BCUT2D eigenvalue weighted by Gasteiger charge is 2.21. The van der Waals surface area contributed by atoms with Crippen LogP contribution in [0, 0.1) is 5.82 Å². The molecule has 0 spiro atoms. The molecule has 24 heavy (non-hydrogen) atoms. The van der Waals surface area contributed by atoms with Crippen molar-refractivity contribution in [2.75, 3.05) is 6.61 Å². The second kappa shape index (κ2) is 9.01. The molecule has 0 aliphatic rings. The molecule has 0 heterocycles. The summed E-state index contributed by atoms with van der Waals surface area (Å²) in [5, 5.41) is 2.66. The van der Waals surface area contributed by atoms with Crippen LogP contribution in [0.3, 0.4) is 0 Å². The van der Waals surface area contributed by atoms with Gasteiger partial charge in [0, 0.05) is 6.42 Å². The number of benzene rings is 1. The normalized spacial score (nSPS) is 12.4. The number of Topliss-reactive ketones (excluding diaryl/α,β-unsaturated/α-hetero) is 1.